The third-order valence-electron chi connectivity index (χ3n) is 9.47. The maximum atomic E-state index is 14.3. The number of amides is 1. The number of rotatable bonds is 6. The Morgan fingerprint density at radius 3 is 2.23 bits per heavy atom. The number of hydroxylamine groups is 1. The lowest BCUT2D eigenvalue weighted by molar-refractivity contribution is -0.152. The molecule has 0 aromatic heterocycles. The van der Waals surface area contributed by atoms with E-state index in [0.717, 1.165) is 5.06 Å². The second-order valence-corrected chi connectivity index (χ2v) is 22.0. The molecule has 290 valence electrons. The fourth-order valence-electron chi connectivity index (χ4n) is 5.55. The highest BCUT2D eigenvalue weighted by Crippen LogP contribution is 2.41. The van der Waals surface area contributed by atoms with Crippen LogP contribution in [0.15, 0.2) is 30.4 Å². The van der Waals surface area contributed by atoms with Crippen molar-refractivity contribution in [3.63, 3.8) is 0 Å². The fourth-order valence-corrected chi connectivity index (χ4v) is 6.56. The highest BCUT2D eigenvalue weighted by molar-refractivity contribution is 6.74. The first-order valence-corrected chi connectivity index (χ1v) is 21.0. The topological polar surface area (TPSA) is 128 Å². The summed E-state index contributed by atoms with van der Waals surface area (Å²) in [5, 5.41) is 0.815. The van der Waals surface area contributed by atoms with Crippen LogP contribution in [0.4, 0.5) is 10.5 Å². The minimum atomic E-state index is -2.60. The van der Waals surface area contributed by atoms with Gasteiger partial charge in [-0.25, -0.2) is 9.59 Å². The standard InChI is InChI=1S/C39H59NO11Si/c1-24-18-19-29(41)33-30(48-39(11,12)49-33)17-15-16-26-20-27(21-31(32(26)34(42)46-25(24)2)51-52(13,14)37(6,7)8)40(35(43)50-36(3,4)5)45-23-28-22-44-38(9,10)47-28/h15-16,18-21,24-25,28,30,33H,17,22-23H2,1-14H3/b16-15+,19-18-/t24-,25+,28?,30+,33-/m1/s1. The van der Waals surface area contributed by atoms with Crippen molar-refractivity contribution in [2.24, 2.45) is 5.92 Å². The van der Waals surface area contributed by atoms with Gasteiger partial charge in [-0.15, -0.1) is 0 Å². The van der Waals surface area contributed by atoms with Gasteiger partial charge < -0.3 is 32.8 Å². The van der Waals surface area contributed by atoms with E-state index in [4.69, 9.17) is 37.7 Å². The molecule has 3 heterocycles. The molecular formula is C39H59NO11Si. The van der Waals surface area contributed by atoms with Gasteiger partial charge >= 0.3 is 12.1 Å². The first kappa shape index (κ1) is 41.7. The maximum absolute atomic E-state index is 14.3. The zero-order valence-electron chi connectivity index (χ0n) is 33.4. The van der Waals surface area contributed by atoms with Crippen LogP contribution >= 0.6 is 0 Å². The molecule has 0 spiro atoms. The highest BCUT2D eigenvalue weighted by atomic mass is 28.4. The molecule has 3 aliphatic rings. The Balaban J connectivity index is 1.90. The van der Waals surface area contributed by atoms with E-state index in [-0.39, 0.29) is 53.4 Å². The quantitative estimate of drug-likeness (QED) is 0.159. The molecule has 2 fully saturated rings. The van der Waals surface area contributed by atoms with Gasteiger partial charge in [0.05, 0.1) is 18.4 Å². The van der Waals surface area contributed by atoms with Crippen LogP contribution in [0.3, 0.4) is 0 Å². The lowest BCUT2D eigenvalue weighted by Crippen LogP contribution is -2.44. The van der Waals surface area contributed by atoms with Crippen LogP contribution in [0.25, 0.3) is 6.08 Å². The van der Waals surface area contributed by atoms with E-state index in [2.05, 4.69) is 33.9 Å². The van der Waals surface area contributed by atoms with E-state index in [9.17, 15) is 14.4 Å². The number of hydrogen-bond donors (Lipinski definition) is 0. The molecule has 1 aromatic rings. The second kappa shape index (κ2) is 15.3. The minimum absolute atomic E-state index is 0.0246. The van der Waals surface area contributed by atoms with E-state index in [0.29, 0.717) is 5.56 Å². The van der Waals surface area contributed by atoms with Gasteiger partial charge in [-0.3, -0.25) is 9.63 Å². The van der Waals surface area contributed by atoms with Crippen molar-refractivity contribution in [3.8, 4) is 5.75 Å². The van der Waals surface area contributed by atoms with Crippen molar-refractivity contribution in [1.82, 2.24) is 0 Å². The van der Waals surface area contributed by atoms with Crippen LogP contribution < -0.4 is 9.49 Å². The third kappa shape index (κ3) is 10.5. The SMILES string of the molecule is C[C@@H]1/C=C\C(=O)[C@H]2OC(C)(C)O[C@H]2C/C=C/c2cc(N(OCC3COC(C)(C)O3)C(=O)OC(C)(C)C)cc(O[Si](C)(C)C(C)(C)C)c2C(=O)O[C@H]1C. The smallest absolute Gasteiger partial charge is 0.439 e. The number of carbonyl (C=O) groups excluding carboxylic acids is 3. The Bertz CT molecular complexity index is 1550. The first-order chi connectivity index (χ1) is 23.8. The summed E-state index contributed by atoms with van der Waals surface area (Å²) in [6.07, 6.45) is 3.81. The van der Waals surface area contributed by atoms with Crippen molar-refractivity contribution in [2.45, 2.75) is 149 Å². The zero-order chi connectivity index (χ0) is 39.0. The minimum Gasteiger partial charge on any atom is -0.543 e. The number of anilines is 1. The Morgan fingerprint density at radius 1 is 0.962 bits per heavy atom. The molecule has 4 rings (SSSR count). The number of esters is 1. The number of carbonyl (C=O) groups is 3. The van der Waals surface area contributed by atoms with E-state index >= 15 is 0 Å². The van der Waals surface area contributed by atoms with Crippen molar-refractivity contribution < 1.29 is 52.1 Å². The molecule has 2 saturated heterocycles. The summed E-state index contributed by atoms with van der Waals surface area (Å²) in [5.41, 5.74) is 0.0126. The molecule has 12 nitrogen and oxygen atoms in total. The number of benzene rings is 1. The van der Waals surface area contributed by atoms with Crippen LogP contribution in [-0.2, 0) is 38.1 Å². The number of fused-ring (bicyclic) bond motifs is 2. The van der Waals surface area contributed by atoms with Crippen LogP contribution in [-0.4, -0.2) is 81.0 Å². The number of nitrogens with zero attached hydrogens (tertiary/aromatic N) is 1. The maximum Gasteiger partial charge on any atom is 0.439 e. The summed E-state index contributed by atoms with van der Waals surface area (Å²) in [5.74, 6) is -2.68. The van der Waals surface area contributed by atoms with Gasteiger partial charge in [0.15, 0.2) is 17.4 Å². The van der Waals surface area contributed by atoms with Crippen molar-refractivity contribution in [1.29, 1.82) is 0 Å². The van der Waals surface area contributed by atoms with Gasteiger partial charge in [0, 0.05) is 12.0 Å². The lowest BCUT2D eigenvalue weighted by atomic mass is 9.99. The van der Waals surface area contributed by atoms with Gasteiger partial charge in [-0.05, 0) is 97.6 Å². The van der Waals surface area contributed by atoms with Gasteiger partial charge in [-0.1, -0.05) is 45.9 Å². The third-order valence-corrected chi connectivity index (χ3v) is 13.8. The van der Waals surface area contributed by atoms with E-state index in [1.807, 2.05) is 26.8 Å². The second-order valence-electron chi connectivity index (χ2n) is 17.3. The molecule has 3 aliphatic heterocycles. The van der Waals surface area contributed by atoms with E-state index in [1.165, 1.54) is 6.08 Å². The molecule has 13 heteroatoms. The summed E-state index contributed by atoms with van der Waals surface area (Å²) in [6.45, 7) is 26.8. The fraction of sp³-hybridized carbons (Fsp3) is 0.667. The predicted octanol–water partition coefficient (Wildman–Crippen LogP) is 8.14. The molecule has 0 bridgehead atoms. The molecule has 0 radical (unpaired) electrons. The largest absolute Gasteiger partial charge is 0.543 e. The Morgan fingerprint density at radius 2 is 1.63 bits per heavy atom. The van der Waals surface area contributed by atoms with E-state index in [1.54, 1.807) is 65.8 Å². The molecule has 0 aliphatic carbocycles. The molecule has 1 amide bonds. The lowest BCUT2D eigenvalue weighted by Gasteiger charge is -2.37. The van der Waals surface area contributed by atoms with Crippen molar-refractivity contribution >= 4 is 37.9 Å². The number of cyclic esters (lactones) is 1. The molecule has 1 aromatic carbocycles. The Hall–Kier alpha value is -3.07. The molecule has 52 heavy (non-hydrogen) atoms. The van der Waals surface area contributed by atoms with Crippen LogP contribution in [0.1, 0.15) is 105 Å². The number of ketones is 1. The molecular weight excluding hydrogens is 687 g/mol. The first-order valence-electron chi connectivity index (χ1n) is 18.1. The van der Waals surface area contributed by atoms with Gasteiger partial charge in [-0.2, -0.15) is 5.06 Å². The zero-order valence-corrected chi connectivity index (χ0v) is 34.4. The predicted molar refractivity (Wildman–Crippen MR) is 200 cm³/mol. The van der Waals surface area contributed by atoms with Gasteiger partial charge in [0.1, 0.15) is 41.8 Å². The van der Waals surface area contributed by atoms with Crippen molar-refractivity contribution in [3.05, 3.63) is 41.5 Å². The summed E-state index contributed by atoms with van der Waals surface area (Å²) in [4.78, 5) is 47.6. The normalized spacial score (nSPS) is 27.8. The Labute approximate surface area is 310 Å². The van der Waals surface area contributed by atoms with Crippen LogP contribution in [0.5, 0.6) is 5.75 Å². The number of hydrogen-bond acceptors (Lipinski definition) is 11. The average molecular weight is 746 g/mol. The summed E-state index contributed by atoms with van der Waals surface area (Å²) in [6, 6.07) is 3.28. The summed E-state index contributed by atoms with van der Waals surface area (Å²) >= 11 is 0. The van der Waals surface area contributed by atoms with Gasteiger partial charge in [0.2, 0.25) is 0 Å². The summed E-state index contributed by atoms with van der Waals surface area (Å²) in [7, 11) is -2.60. The Kier molecular flexibility index (Phi) is 12.3. The molecule has 0 N–H and O–H groups in total. The average Bonchev–Trinajstić information content (AvgIpc) is 3.49. The highest BCUT2D eigenvalue weighted by Gasteiger charge is 2.44. The van der Waals surface area contributed by atoms with Crippen molar-refractivity contribution in [2.75, 3.05) is 18.3 Å². The van der Waals surface area contributed by atoms with Crippen LogP contribution in [0, 0.1) is 5.92 Å². The van der Waals surface area contributed by atoms with Crippen LogP contribution in [0.2, 0.25) is 18.1 Å². The number of ether oxygens (including phenoxy) is 6. The molecule has 0 saturated carbocycles. The molecule has 5 atom stereocenters. The van der Waals surface area contributed by atoms with Gasteiger partial charge in [0.25, 0.3) is 8.32 Å². The monoisotopic (exact) mass is 745 g/mol. The molecule has 1 unspecified atom stereocenters. The summed E-state index contributed by atoms with van der Waals surface area (Å²) < 4.78 is 42.6. The van der Waals surface area contributed by atoms with E-state index < -0.39 is 62.0 Å².